The summed E-state index contributed by atoms with van der Waals surface area (Å²) < 4.78 is 32.9. The van der Waals surface area contributed by atoms with E-state index in [1.165, 1.54) is 82.8 Å². The normalized spacial score (nSPS) is 26.2. The second-order valence-corrected chi connectivity index (χ2v) is 9.76. The first-order chi connectivity index (χ1) is 15.1. The smallest absolute Gasteiger partial charge is 0.144 e. The lowest BCUT2D eigenvalue weighted by molar-refractivity contribution is 0.176. The molecule has 0 heterocycles. The van der Waals surface area contributed by atoms with Gasteiger partial charge in [0.1, 0.15) is 23.3 Å². The van der Waals surface area contributed by atoms with Gasteiger partial charge in [-0.2, -0.15) is 5.26 Å². The Morgan fingerprint density at radius 2 is 1.29 bits per heavy atom. The zero-order valence-electron chi connectivity index (χ0n) is 18.8. The highest BCUT2D eigenvalue weighted by atomic mass is 19.1. The Bertz CT molecular complexity index is 717. The van der Waals surface area contributed by atoms with Gasteiger partial charge in [0.2, 0.25) is 0 Å². The van der Waals surface area contributed by atoms with Crippen molar-refractivity contribution in [3.8, 4) is 6.07 Å². The van der Waals surface area contributed by atoms with E-state index in [2.05, 4.69) is 6.58 Å². The third-order valence-electron chi connectivity index (χ3n) is 7.73. The van der Waals surface area contributed by atoms with E-state index in [1.807, 2.05) is 0 Å². The maximum absolute atomic E-state index is 13.8. The summed E-state index contributed by atoms with van der Waals surface area (Å²) in [4.78, 5) is 0. The van der Waals surface area contributed by atoms with E-state index in [9.17, 15) is 8.78 Å². The molecule has 0 aliphatic heterocycles. The summed E-state index contributed by atoms with van der Waals surface area (Å²) in [5.41, 5.74) is 0.197. The number of halogens is 2. The van der Waals surface area contributed by atoms with Crippen LogP contribution in [0.1, 0.15) is 88.2 Å². The largest absolute Gasteiger partial charge is 0.502 e. The Morgan fingerprint density at radius 1 is 0.839 bits per heavy atom. The van der Waals surface area contributed by atoms with E-state index in [-0.39, 0.29) is 0 Å². The van der Waals surface area contributed by atoms with E-state index in [0.717, 1.165) is 30.8 Å². The van der Waals surface area contributed by atoms with E-state index < -0.39 is 17.2 Å². The zero-order valence-corrected chi connectivity index (χ0v) is 18.8. The summed E-state index contributed by atoms with van der Waals surface area (Å²) in [6.45, 7) is 4.42. The molecule has 31 heavy (non-hydrogen) atoms. The number of hydrogen-bond acceptors (Lipinski definition) is 2. The van der Waals surface area contributed by atoms with Gasteiger partial charge in [0.05, 0.1) is 12.9 Å². The molecule has 0 amide bonds. The topological polar surface area (TPSA) is 33.0 Å². The Balaban J connectivity index is 1.30. The molecule has 0 radical (unpaired) electrons. The zero-order chi connectivity index (χ0) is 22.1. The monoisotopic (exact) mass is 429 g/mol. The average Bonchev–Trinajstić information content (AvgIpc) is 2.78. The molecule has 3 rings (SSSR count). The molecule has 2 fully saturated rings. The molecule has 1 aromatic carbocycles. The van der Waals surface area contributed by atoms with Gasteiger partial charge in [0.15, 0.2) is 0 Å². The number of nitrogens with zero attached hydrogens (tertiary/aromatic N) is 1. The standard InChI is InChI=1S/C27H37F2NO/c1-2-31-16-15-23-11-9-21(10-12-23)4-3-20-5-7-22(8-6-20)13-14-24-17-26(28)25(19-30)27(29)18-24/h2,17-18,20-23H,1,3-16H2. The van der Waals surface area contributed by atoms with Gasteiger partial charge >= 0.3 is 0 Å². The van der Waals surface area contributed by atoms with E-state index in [4.69, 9.17) is 10.00 Å². The molecule has 1 aromatic rings. The van der Waals surface area contributed by atoms with Crippen molar-refractivity contribution in [2.75, 3.05) is 6.61 Å². The van der Waals surface area contributed by atoms with Gasteiger partial charge in [-0.25, -0.2) is 8.78 Å². The maximum Gasteiger partial charge on any atom is 0.144 e. The first-order valence-corrected chi connectivity index (χ1v) is 12.2. The molecule has 0 N–H and O–H groups in total. The molecule has 0 bridgehead atoms. The molecular weight excluding hydrogens is 392 g/mol. The number of rotatable bonds is 10. The number of aryl methyl sites for hydroxylation is 1. The van der Waals surface area contributed by atoms with Crippen molar-refractivity contribution >= 4 is 0 Å². The van der Waals surface area contributed by atoms with Crippen LogP contribution in [0.5, 0.6) is 0 Å². The van der Waals surface area contributed by atoms with Crippen LogP contribution in [-0.2, 0) is 11.2 Å². The lowest BCUT2D eigenvalue weighted by atomic mass is 9.74. The highest BCUT2D eigenvalue weighted by Crippen LogP contribution is 2.38. The lowest BCUT2D eigenvalue weighted by Gasteiger charge is -2.32. The summed E-state index contributed by atoms with van der Waals surface area (Å²) >= 11 is 0. The minimum Gasteiger partial charge on any atom is -0.502 e. The van der Waals surface area contributed by atoms with Crippen LogP contribution in [0.4, 0.5) is 8.78 Å². The van der Waals surface area contributed by atoms with Crippen molar-refractivity contribution in [3.05, 3.63) is 47.7 Å². The van der Waals surface area contributed by atoms with Crippen molar-refractivity contribution in [2.24, 2.45) is 23.7 Å². The fourth-order valence-corrected chi connectivity index (χ4v) is 5.65. The highest BCUT2D eigenvalue weighted by molar-refractivity contribution is 5.35. The fourth-order valence-electron chi connectivity index (χ4n) is 5.65. The molecule has 4 heteroatoms. The van der Waals surface area contributed by atoms with E-state index in [0.29, 0.717) is 17.9 Å². The Labute approximate surface area is 186 Å². The Morgan fingerprint density at radius 3 is 1.74 bits per heavy atom. The Kier molecular flexibility index (Phi) is 9.37. The van der Waals surface area contributed by atoms with Crippen molar-refractivity contribution < 1.29 is 13.5 Å². The molecule has 2 aliphatic rings. The second kappa shape index (κ2) is 12.2. The first kappa shape index (κ1) is 23.8. The third kappa shape index (κ3) is 7.34. The molecule has 0 aromatic heterocycles. The predicted octanol–water partition coefficient (Wildman–Crippen LogP) is 7.71. The quantitative estimate of drug-likeness (QED) is 0.282. The summed E-state index contributed by atoms with van der Waals surface area (Å²) in [5, 5.41) is 8.79. The second-order valence-electron chi connectivity index (χ2n) is 9.76. The van der Waals surface area contributed by atoms with Crippen LogP contribution in [0, 0.1) is 46.6 Å². The summed E-state index contributed by atoms with van der Waals surface area (Å²) in [6, 6.07) is 4.25. The van der Waals surface area contributed by atoms with Crippen molar-refractivity contribution in [2.45, 2.75) is 83.5 Å². The van der Waals surface area contributed by atoms with Gasteiger partial charge in [0.25, 0.3) is 0 Å². The molecule has 0 saturated heterocycles. The molecule has 0 spiro atoms. The van der Waals surface area contributed by atoms with Gasteiger partial charge in [-0.1, -0.05) is 70.8 Å². The maximum atomic E-state index is 13.8. The van der Waals surface area contributed by atoms with Gasteiger partial charge in [-0.05, 0) is 60.6 Å². The SMILES string of the molecule is C=COCCC1CCC(CCC2CCC(CCc3cc(F)c(C#N)c(F)c3)CC2)CC1. The number of benzene rings is 1. The molecule has 0 atom stereocenters. The molecular formula is C27H37F2NO. The van der Waals surface area contributed by atoms with Crippen molar-refractivity contribution in [1.29, 1.82) is 5.26 Å². The summed E-state index contributed by atoms with van der Waals surface area (Å²) in [6.07, 6.45) is 17.7. The first-order valence-electron chi connectivity index (χ1n) is 12.2. The Hall–Kier alpha value is -1.89. The minimum atomic E-state index is -0.736. The van der Waals surface area contributed by atoms with Gasteiger partial charge in [-0.3, -0.25) is 0 Å². The highest BCUT2D eigenvalue weighted by Gasteiger charge is 2.25. The predicted molar refractivity (Wildman–Crippen MR) is 120 cm³/mol. The van der Waals surface area contributed by atoms with E-state index in [1.54, 1.807) is 12.3 Å². The van der Waals surface area contributed by atoms with Crippen molar-refractivity contribution in [1.82, 2.24) is 0 Å². The van der Waals surface area contributed by atoms with Gasteiger partial charge in [-0.15, -0.1) is 0 Å². The number of nitriles is 1. The summed E-state index contributed by atoms with van der Waals surface area (Å²) in [5.74, 6) is 1.80. The van der Waals surface area contributed by atoms with Crippen LogP contribution in [0.2, 0.25) is 0 Å². The lowest BCUT2D eigenvalue weighted by Crippen LogP contribution is -2.19. The fraction of sp³-hybridized carbons (Fsp3) is 0.667. The van der Waals surface area contributed by atoms with Gasteiger partial charge < -0.3 is 4.74 Å². The third-order valence-corrected chi connectivity index (χ3v) is 7.73. The molecule has 0 unspecified atom stereocenters. The molecule has 2 aliphatic carbocycles. The van der Waals surface area contributed by atoms with Crippen molar-refractivity contribution in [3.63, 3.8) is 0 Å². The number of ether oxygens (including phenoxy) is 1. The molecule has 2 saturated carbocycles. The van der Waals surface area contributed by atoms with Crippen LogP contribution in [0.15, 0.2) is 25.0 Å². The van der Waals surface area contributed by atoms with Gasteiger partial charge in [0, 0.05) is 0 Å². The van der Waals surface area contributed by atoms with Crippen LogP contribution in [0.3, 0.4) is 0 Å². The number of hydrogen-bond donors (Lipinski definition) is 0. The average molecular weight is 430 g/mol. The van der Waals surface area contributed by atoms with Crippen LogP contribution in [-0.4, -0.2) is 6.61 Å². The molecule has 170 valence electrons. The summed E-state index contributed by atoms with van der Waals surface area (Å²) in [7, 11) is 0. The minimum absolute atomic E-state index is 0.473. The van der Waals surface area contributed by atoms with Crippen LogP contribution in [0.25, 0.3) is 0 Å². The van der Waals surface area contributed by atoms with E-state index >= 15 is 0 Å². The molecule has 2 nitrogen and oxygen atoms in total. The van der Waals surface area contributed by atoms with Crippen LogP contribution >= 0.6 is 0 Å². The van der Waals surface area contributed by atoms with Crippen LogP contribution < -0.4 is 0 Å².